The largest absolute Gasteiger partial charge is 0.508 e. The number of aromatic nitrogens is 1. The standard InChI is InChI=1S/C17H10N2O3S2/c20-10-5-3-4-9(8-10)19-16(22)14(24-17(19)23)13-11-6-1-2-7-12(11)18-15(13)21/h1-8,20,22H. The van der Waals surface area contributed by atoms with Crippen LogP contribution in [0.25, 0.3) is 11.3 Å². The quantitative estimate of drug-likeness (QED) is 0.691. The highest BCUT2D eigenvalue weighted by molar-refractivity contribution is 7.73. The minimum Gasteiger partial charge on any atom is -0.508 e. The zero-order valence-corrected chi connectivity index (χ0v) is 13.8. The molecule has 0 saturated heterocycles. The Balaban J connectivity index is 2.01. The van der Waals surface area contributed by atoms with Gasteiger partial charge in [0.2, 0.25) is 5.88 Å². The number of thiazole rings is 1. The van der Waals surface area contributed by atoms with Gasteiger partial charge in [0.05, 0.1) is 16.6 Å². The molecule has 1 amide bonds. The van der Waals surface area contributed by atoms with Crippen LogP contribution in [0.5, 0.6) is 11.6 Å². The number of nitrogens with zero attached hydrogens (tertiary/aromatic N) is 2. The molecule has 118 valence electrons. The first-order chi connectivity index (χ1) is 11.6. The highest BCUT2D eigenvalue weighted by Gasteiger charge is 2.25. The molecule has 1 aromatic heterocycles. The number of rotatable bonds is 2. The number of fused-ring (bicyclic) bond motifs is 1. The number of phenols is 1. The Morgan fingerprint density at radius 1 is 1.08 bits per heavy atom. The highest BCUT2D eigenvalue weighted by atomic mass is 32.1. The number of para-hydroxylation sites is 1. The van der Waals surface area contributed by atoms with Crippen molar-refractivity contribution in [3.8, 4) is 17.3 Å². The monoisotopic (exact) mass is 354 g/mol. The minimum absolute atomic E-state index is 0.0616. The number of carbonyl (C=O) groups excluding carboxylic acids is 1. The van der Waals surface area contributed by atoms with Crippen molar-refractivity contribution in [3.05, 3.63) is 67.9 Å². The number of phenolic OH excluding ortho intramolecular Hbond substituents is 1. The van der Waals surface area contributed by atoms with E-state index in [9.17, 15) is 15.0 Å². The third-order valence-electron chi connectivity index (χ3n) is 3.71. The molecule has 4 rings (SSSR count). The molecule has 0 unspecified atom stereocenters. The van der Waals surface area contributed by atoms with Gasteiger partial charge >= 0.3 is 0 Å². The van der Waals surface area contributed by atoms with Gasteiger partial charge in [0.15, 0.2) is 3.95 Å². The van der Waals surface area contributed by atoms with Crippen LogP contribution in [0.3, 0.4) is 0 Å². The summed E-state index contributed by atoms with van der Waals surface area (Å²) in [6.45, 7) is 0. The maximum Gasteiger partial charge on any atom is 0.279 e. The van der Waals surface area contributed by atoms with E-state index in [0.29, 0.717) is 30.7 Å². The van der Waals surface area contributed by atoms with Gasteiger partial charge in [0, 0.05) is 11.3 Å². The van der Waals surface area contributed by atoms with Crippen molar-refractivity contribution in [1.82, 2.24) is 4.57 Å². The van der Waals surface area contributed by atoms with Gasteiger partial charge in [-0.15, -0.1) is 11.3 Å². The Kier molecular flexibility index (Phi) is 3.33. The molecule has 1 aliphatic rings. The summed E-state index contributed by atoms with van der Waals surface area (Å²) in [5.74, 6) is -0.469. The molecule has 2 heterocycles. The maximum absolute atomic E-state index is 12.3. The van der Waals surface area contributed by atoms with Gasteiger partial charge in [-0.25, -0.2) is 4.99 Å². The van der Waals surface area contributed by atoms with Crippen LogP contribution in [-0.2, 0) is 4.79 Å². The van der Waals surface area contributed by atoms with Crippen molar-refractivity contribution in [1.29, 1.82) is 0 Å². The summed E-state index contributed by atoms with van der Waals surface area (Å²) in [7, 11) is 0. The molecule has 2 aromatic carbocycles. The first-order valence-electron chi connectivity index (χ1n) is 7.03. The summed E-state index contributed by atoms with van der Waals surface area (Å²) >= 11 is 6.48. The zero-order chi connectivity index (χ0) is 16.8. The Bertz CT molecular complexity index is 1180. The molecule has 0 saturated carbocycles. The Hall–Kier alpha value is -2.77. The molecule has 24 heavy (non-hydrogen) atoms. The Labute approximate surface area is 145 Å². The molecule has 0 fully saturated rings. The summed E-state index contributed by atoms with van der Waals surface area (Å²) in [5.41, 5.74) is 0.870. The highest BCUT2D eigenvalue weighted by Crippen LogP contribution is 2.35. The van der Waals surface area contributed by atoms with E-state index in [2.05, 4.69) is 4.99 Å². The second-order valence-corrected chi connectivity index (χ2v) is 6.83. The van der Waals surface area contributed by atoms with Crippen LogP contribution in [0.4, 0.5) is 0 Å². The van der Waals surface area contributed by atoms with Crippen LogP contribution in [-0.4, -0.2) is 20.7 Å². The predicted molar refractivity (Wildman–Crippen MR) is 92.5 cm³/mol. The first kappa shape index (κ1) is 14.8. The molecule has 7 heteroatoms. The van der Waals surface area contributed by atoms with Crippen molar-refractivity contribution in [2.24, 2.45) is 4.99 Å². The van der Waals surface area contributed by atoms with Crippen molar-refractivity contribution in [2.45, 2.75) is 0 Å². The molecule has 3 aromatic rings. The van der Waals surface area contributed by atoms with Gasteiger partial charge in [-0.3, -0.25) is 9.36 Å². The molecular formula is C17H10N2O3S2. The first-order valence-corrected chi connectivity index (χ1v) is 8.26. The summed E-state index contributed by atoms with van der Waals surface area (Å²) in [6, 6.07) is 13.6. The smallest absolute Gasteiger partial charge is 0.279 e. The third-order valence-corrected chi connectivity index (χ3v) is 5.09. The Morgan fingerprint density at radius 3 is 2.67 bits per heavy atom. The van der Waals surface area contributed by atoms with Gasteiger partial charge in [0.1, 0.15) is 10.6 Å². The normalized spacial score (nSPS) is 13.0. The lowest BCUT2D eigenvalue weighted by Crippen LogP contribution is -2.22. The van der Waals surface area contributed by atoms with E-state index in [-0.39, 0.29) is 11.6 Å². The lowest BCUT2D eigenvalue weighted by atomic mass is 10.1. The Morgan fingerprint density at radius 2 is 1.88 bits per heavy atom. The van der Waals surface area contributed by atoms with Crippen molar-refractivity contribution in [3.63, 3.8) is 0 Å². The van der Waals surface area contributed by atoms with Crippen LogP contribution >= 0.6 is 23.6 Å². The lowest BCUT2D eigenvalue weighted by molar-refractivity contribution is -0.112. The fraction of sp³-hybridized carbons (Fsp3) is 0. The number of carbonyl (C=O) groups is 1. The number of aromatic hydroxyl groups is 2. The summed E-state index contributed by atoms with van der Waals surface area (Å²) in [6.07, 6.45) is 0. The van der Waals surface area contributed by atoms with Crippen molar-refractivity contribution in [2.75, 3.05) is 0 Å². The molecule has 5 nitrogen and oxygen atoms in total. The predicted octanol–water partition coefficient (Wildman–Crippen LogP) is 2.04. The van der Waals surface area contributed by atoms with Gasteiger partial charge in [-0.1, -0.05) is 24.3 Å². The van der Waals surface area contributed by atoms with Gasteiger partial charge in [-0.2, -0.15) is 0 Å². The van der Waals surface area contributed by atoms with E-state index in [4.69, 9.17) is 12.2 Å². The van der Waals surface area contributed by atoms with Gasteiger partial charge in [0.25, 0.3) is 5.91 Å². The van der Waals surface area contributed by atoms with Crippen LogP contribution in [0.1, 0.15) is 4.88 Å². The van der Waals surface area contributed by atoms with Gasteiger partial charge < -0.3 is 10.2 Å². The molecule has 1 aliphatic heterocycles. The lowest BCUT2D eigenvalue weighted by Gasteiger charge is -2.05. The maximum atomic E-state index is 12.3. The van der Waals surface area contributed by atoms with E-state index in [1.165, 1.54) is 16.7 Å². The molecule has 0 bridgehead atoms. The molecule has 0 radical (unpaired) electrons. The summed E-state index contributed by atoms with van der Waals surface area (Å²) < 4.78 is 1.80. The van der Waals surface area contributed by atoms with Crippen molar-refractivity contribution >= 4 is 35.0 Å². The fourth-order valence-electron chi connectivity index (χ4n) is 2.67. The van der Waals surface area contributed by atoms with Crippen LogP contribution < -0.4 is 10.6 Å². The number of benzene rings is 2. The third kappa shape index (κ3) is 2.17. The second kappa shape index (κ2) is 5.40. The topological polar surface area (TPSA) is 74.8 Å². The fourth-order valence-corrected chi connectivity index (χ4v) is 4.05. The van der Waals surface area contributed by atoms with Crippen LogP contribution in [0, 0.1) is 3.95 Å². The molecule has 0 spiro atoms. The zero-order valence-electron chi connectivity index (χ0n) is 12.1. The van der Waals surface area contributed by atoms with Crippen LogP contribution in [0.15, 0.2) is 53.5 Å². The SMILES string of the molecule is O=C1N=c2ccccc2=C1c1sc(=S)n(-c2cccc(O)c2)c1O. The molecule has 0 aliphatic carbocycles. The number of hydrogen-bond donors (Lipinski definition) is 2. The number of amides is 1. The molecule has 2 N–H and O–H groups in total. The summed E-state index contributed by atoms with van der Waals surface area (Å²) in [4.78, 5) is 16.7. The van der Waals surface area contributed by atoms with Gasteiger partial charge in [-0.05, 0) is 30.4 Å². The number of hydrogen-bond acceptors (Lipinski definition) is 5. The van der Waals surface area contributed by atoms with E-state index >= 15 is 0 Å². The van der Waals surface area contributed by atoms with E-state index in [0.717, 1.165) is 11.3 Å². The van der Waals surface area contributed by atoms with E-state index in [1.54, 1.807) is 30.3 Å². The average Bonchev–Trinajstić information content (AvgIpc) is 3.02. The van der Waals surface area contributed by atoms with E-state index in [1.807, 2.05) is 6.07 Å². The van der Waals surface area contributed by atoms with Crippen molar-refractivity contribution < 1.29 is 15.0 Å². The average molecular weight is 354 g/mol. The van der Waals surface area contributed by atoms with E-state index < -0.39 is 5.91 Å². The second-order valence-electron chi connectivity index (χ2n) is 5.19. The minimum atomic E-state index is -0.397. The molecular weight excluding hydrogens is 344 g/mol. The van der Waals surface area contributed by atoms with Crippen LogP contribution in [0.2, 0.25) is 0 Å². The molecule has 0 atom stereocenters. The summed E-state index contributed by atoms with van der Waals surface area (Å²) in [5, 5.41) is 21.6.